The molecule has 28 heavy (non-hydrogen) atoms. The highest BCUT2D eigenvalue weighted by atomic mass is 16.2. The van der Waals surface area contributed by atoms with Gasteiger partial charge in [-0.25, -0.2) is 9.97 Å². The minimum atomic E-state index is -0.343. The highest BCUT2D eigenvalue weighted by molar-refractivity contribution is 6.03. The number of Topliss-reactive ketones (excluding diaryl/α,β-unsaturated/α-hetero) is 1. The molecule has 0 bridgehead atoms. The number of benzene rings is 2. The lowest BCUT2D eigenvalue weighted by molar-refractivity contribution is 0.101. The van der Waals surface area contributed by atoms with Gasteiger partial charge in [0.15, 0.2) is 5.78 Å². The van der Waals surface area contributed by atoms with Gasteiger partial charge in [-0.2, -0.15) is 0 Å². The van der Waals surface area contributed by atoms with Gasteiger partial charge in [-0.15, -0.1) is 0 Å². The zero-order valence-electron chi connectivity index (χ0n) is 16.3. The van der Waals surface area contributed by atoms with Gasteiger partial charge in [-0.1, -0.05) is 12.1 Å². The Morgan fingerprint density at radius 1 is 0.929 bits per heavy atom. The average molecular weight is 374 g/mol. The summed E-state index contributed by atoms with van der Waals surface area (Å²) in [5.74, 6) is 0.00215. The number of aryl methyl sites for hydroxylation is 2. The third-order valence-electron chi connectivity index (χ3n) is 4.49. The van der Waals surface area contributed by atoms with E-state index in [1.165, 1.54) is 6.92 Å². The van der Waals surface area contributed by atoms with Gasteiger partial charge in [0.2, 0.25) is 5.95 Å². The quantitative estimate of drug-likeness (QED) is 0.638. The third-order valence-corrected chi connectivity index (χ3v) is 4.49. The van der Waals surface area contributed by atoms with Crippen LogP contribution in [0, 0.1) is 20.8 Å². The molecule has 1 amide bonds. The molecule has 1 heterocycles. The summed E-state index contributed by atoms with van der Waals surface area (Å²) in [7, 11) is 0. The molecular weight excluding hydrogens is 352 g/mol. The van der Waals surface area contributed by atoms with Crippen molar-refractivity contribution in [3.05, 3.63) is 76.6 Å². The zero-order valence-corrected chi connectivity index (χ0v) is 16.3. The molecule has 142 valence electrons. The Morgan fingerprint density at radius 2 is 1.64 bits per heavy atom. The number of hydrogen-bond donors (Lipinski definition) is 2. The fourth-order valence-electron chi connectivity index (χ4n) is 2.73. The number of anilines is 3. The van der Waals surface area contributed by atoms with Crippen molar-refractivity contribution < 1.29 is 9.59 Å². The SMILES string of the molecule is CC(=O)c1ccc(NC(=O)c2cc(C)nc(Nc3cccc(C)c3C)n2)cc1. The molecule has 1 aromatic heterocycles. The molecule has 0 aliphatic rings. The van der Waals surface area contributed by atoms with Gasteiger partial charge in [0.05, 0.1) is 0 Å². The fourth-order valence-corrected chi connectivity index (χ4v) is 2.73. The first-order chi connectivity index (χ1) is 13.3. The molecular formula is C22H22N4O2. The van der Waals surface area contributed by atoms with E-state index in [0.29, 0.717) is 22.9 Å². The molecule has 0 fully saturated rings. The Kier molecular flexibility index (Phi) is 5.49. The molecule has 2 N–H and O–H groups in total. The smallest absolute Gasteiger partial charge is 0.274 e. The van der Waals surface area contributed by atoms with Crippen molar-refractivity contribution in [3.8, 4) is 0 Å². The van der Waals surface area contributed by atoms with Crippen molar-refractivity contribution in [2.24, 2.45) is 0 Å². The maximum atomic E-state index is 12.6. The normalized spacial score (nSPS) is 10.4. The van der Waals surface area contributed by atoms with Gasteiger partial charge in [-0.05, 0) is 75.2 Å². The summed E-state index contributed by atoms with van der Waals surface area (Å²) in [5, 5.41) is 5.99. The predicted octanol–water partition coefficient (Wildman–Crippen LogP) is 4.60. The highest BCUT2D eigenvalue weighted by Crippen LogP contribution is 2.21. The number of rotatable bonds is 5. The summed E-state index contributed by atoms with van der Waals surface area (Å²) < 4.78 is 0. The minimum absolute atomic E-state index is 0.0218. The molecule has 0 spiro atoms. The monoisotopic (exact) mass is 374 g/mol. The minimum Gasteiger partial charge on any atom is -0.324 e. The van der Waals surface area contributed by atoms with Crippen LogP contribution in [0.15, 0.2) is 48.5 Å². The lowest BCUT2D eigenvalue weighted by Gasteiger charge is -2.12. The van der Waals surface area contributed by atoms with Crippen molar-refractivity contribution in [2.75, 3.05) is 10.6 Å². The van der Waals surface area contributed by atoms with E-state index in [1.54, 1.807) is 30.3 Å². The Labute approximate surface area is 164 Å². The second kappa shape index (κ2) is 8.00. The maximum Gasteiger partial charge on any atom is 0.274 e. The van der Waals surface area contributed by atoms with Gasteiger partial charge in [0.25, 0.3) is 5.91 Å². The summed E-state index contributed by atoms with van der Waals surface area (Å²) >= 11 is 0. The highest BCUT2D eigenvalue weighted by Gasteiger charge is 2.12. The van der Waals surface area contributed by atoms with Crippen LogP contribution >= 0.6 is 0 Å². The van der Waals surface area contributed by atoms with Crippen LogP contribution < -0.4 is 10.6 Å². The predicted molar refractivity (Wildman–Crippen MR) is 110 cm³/mol. The molecule has 0 unspecified atom stereocenters. The molecule has 0 radical (unpaired) electrons. The lowest BCUT2D eigenvalue weighted by Crippen LogP contribution is -2.15. The molecule has 0 saturated carbocycles. The van der Waals surface area contributed by atoms with Gasteiger partial charge in [-0.3, -0.25) is 9.59 Å². The first-order valence-corrected chi connectivity index (χ1v) is 8.95. The van der Waals surface area contributed by atoms with Gasteiger partial charge >= 0.3 is 0 Å². The van der Waals surface area contributed by atoms with E-state index in [1.807, 2.05) is 39.0 Å². The van der Waals surface area contributed by atoms with Crippen LogP contribution in [0.25, 0.3) is 0 Å². The van der Waals surface area contributed by atoms with E-state index in [0.717, 1.165) is 16.8 Å². The fraction of sp³-hybridized carbons (Fsp3) is 0.182. The number of carbonyl (C=O) groups is 2. The van der Waals surface area contributed by atoms with Crippen LogP contribution in [0.3, 0.4) is 0 Å². The Balaban J connectivity index is 1.81. The molecule has 0 aliphatic heterocycles. The molecule has 0 aliphatic carbocycles. The van der Waals surface area contributed by atoms with E-state index >= 15 is 0 Å². The van der Waals surface area contributed by atoms with Crippen LogP contribution in [0.5, 0.6) is 0 Å². The molecule has 6 heteroatoms. The largest absolute Gasteiger partial charge is 0.324 e. The summed E-state index contributed by atoms with van der Waals surface area (Å²) in [4.78, 5) is 32.7. The molecule has 3 aromatic rings. The zero-order chi connectivity index (χ0) is 20.3. The second-order valence-electron chi connectivity index (χ2n) is 6.68. The van der Waals surface area contributed by atoms with E-state index in [4.69, 9.17) is 0 Å². The second-order valence-corrected chi connectivity index (χ2v) is 6.68. The van der Waals surface area contributed by atoms with Crippen LogP contribution in [-0.2, 0) is 0 Å². The number of nitrogens with zero attached hydrogens (tertiary/aromatic N) is 2. The van der Waals surface area contributed by atoms with Crippen LogP contribution in [0.1, 0.15) is 44.6 Å². The van der Waals surface area contributed by atoms with Crippen LogP contribution in [-0.4, -0.2) is 21.7 Å². The summed E-state index contributed by atoms with van der Waals surface area (Å²) in [6.45, 7) is 7.37. The van der Waals surface area contributed by atoms with Crippen molar-refractivity contribution in [3.63, 3.8) is 0 Å². The average Bonchev–Trinajstić information content (AvgIpc) is 2.65. The summed E-state index contributed by atoms with van der Waals surface area (Å²) in [5.41, 5.74) is 5.28. The molecule has 3 rings (SSSR count). The van der Waals surface area contributed by atoms with Gasteiger partial charge in [0, 0.05) is 22.6 Å². The van der Waals surface area contributed by atoms with E-state index < -0.39 is 0 Å². The third kappa shape index (κ3) is 4.40. The first-order valence-electron chi connectivity index (χ1n) is 8.95. The number of carbonyl (C=O) groups excluding carboxylic acids is 2. The molecule has 6 nitrogen and oxygen atoms in total. The number of nitrogens with one attached hydrogen (secondary N) is 2. The van der Waals surface area contributed by atoms with Crippen molar-refractivity contribution >= 4 is 29.0 Å². The van der Waals surface area contributed by atoms with Crippen LogP contribution in [0.2, 0.25) is 0 Å². The molecule has 2 aromatic carbocycles. The van der Waals surface area contributed by atoms with Gasteiger partial charge in [0.1, 0.15) is 5.69 Å². The van der Waals surface area contributed by atoms with E-state index in [2.05, 4.69) is 20.6 Å². The standard InChI is InChI=1S/C22H22N4O2/c1-13-6-5-7-19(15(13)3)25-22-23-14(2)12-20(26-22)21(28)24-18-10-8-17(9-11-18)16(4)27/h5-12H,1-4H3,(H,24,28)(H,23,25,26). The number of amides is 1. The Morgan fingerprint density at radius 3 is 2.32 bits per heavy atom. The molecule has 0 atom stereocenters. The van der Waals surface area contributed by atoms with E-state index in [-0.39, 0.29) is 17.4 Å². The van der Waals surface area contributed by atoms with Crippen LogP contribution in [0.4, 0.5) is 17.3 Å². The lowest BCUT2D eigenvalue weighted by atomic mass is 10.1. The number of ketones is 1. The molecule has 0 saturated heterocycles. The summed E-state index contributed by atoms with van der Waals surface area (Å²) in [6, 6.07) is 14.3. The number of aromatic nitrogens is 2. The van der Waals surface area contributed by atoms with E-state index in [9.17, 15) is 9.59 Å². The van der Waals surface area contributed by atoms with Crippen molar-refractivity contribution in [2.45, 2.75) is 27.7 Å². The Hall–Kier alpha value is -3.54. The number of hydrogen-bond acceptors (Lipinski definition) is 5. The van der Waals surface area contributed by atoms with Crippen molar-refractivity contribution in [1.29, 1.82) is 0 Å². The first kappa shape index (κ1) is 19.2. The maximum absolute atomic E-state index is 12.6. The van der Waals surface area contributed by atoms with Crippen molar-refractivity contribution in [1.82, 2.24) is 9.97 Å². The summed E-state index contributed by atoms with van der Waals surface area (Å²) in [6.07, 6.45) is 0. The topological polar surface area (TPSA) is 84.0 Å². The van der Waals surface area contributed by atoms with Gasteiger partial charge < -0.3 is 10.6 Å². The Bertz CT molecular complexity index is 1040.